The molecule has 0 radical (unpaired) electrons. The highest BCUT2D eigenvalue weighted by atomic mass is 32.2. The quantitative estimate of drug-likeness (QED) is 0.765. The molecule has 2 aromatic heterocycles. The first kappa shape index (κ1) is 11.6. The lowest BCUT2D eigenvalue weighted by atomic mass is 10.4. The first-order valence-corrected chi connectivity index (χ1v) is 6.07. The van der Waals surface area contributed by atoms with Crippen LogP contribution in [0.15, 0.2) is 31.5 Å². The van der Waals surface area contributed by atoms with Gasteiger partial charge in [-0.15, -0.1) is 10.2 Å². The third kappa shape index (κ3) is 2.84. The Morgan fingerprint density at radius 1 is 1.47 bits per heavy atom. The van der Waals surface area contributed by atoms with Gasteiger partial charge in [0.05, 0.1) is 0 Å². The zero-order valence-electron chi connectivity index (χ0n) is 9.04. The predicted octanol–water partition coefficient (Wildman–Crippen LogP) is -0.116. The Morgan fingerprint density at radius 2 is 2.29 bits per heavy atom. The minimum atomic E-state index is -0.442. The minimum Gasteiger partial charge on any atom is -0.416 e. The molecule has 0 saturated carbocycles. The van der Waals surface area contributed by atoms with E-state index in [4.69, 9.17) is 4.42 Å². The second-order valence-electron chi connectivity index (χ2n) is 3.22. The molecular weight excluding hydrogens is 244 g/mol. The minimum absolute atomic E-state index is 0.381. The fourth-order valence-electron chi connectivity index (χ4n) is 1.26. The van der Waals surface area contributed by atoms with Gasteiger partial charge in [0.2, 0.25) is 5.89 Å². The van der Waals surface area contributed by atoms with Crippen LogP contribution in [-0.4, -0.2) is 26.0 Å². The molecule has 17 heavy (non-hydrogen) atoms. The predicted molar refractivity (Wildman–Crippen MR) is 61.1 cm³/mol. The van der Waals surface area contributed by atoms with Crippen LogP contribution in [0.2, 0.25) is 0 Å². The number of hydrogen-bond donors (Lipinski definition) is 1. The number of aromatic amines is 1. The molecule has 2 rings (SSSR count). The van der Waals surface area contributed by atoms with Crippen LogP contribution in [-0.2, 0) is 13.0 Å². The first-order valence-electron chi connectivity index (χ1n) is 4.85. The molecular formula is C9H10N4O3S. The van der Waals surface area contributed by atoms with Gasteiger partial charge < -0.3 is 8.98 Å². The van der Waals surface area contributed by atoms with Gasteiger partial charge in [-0.05, 0) is 6.26 Å². The molecule has 0 bridgehead atoms. The van der Waals surface area contributed by atoms with Gasteiger partial charge in [0.25, 0.3) is 10.8 Å². The normalized spacial score (nSPS) is 10.6. The van der Waals surface area contributed by atoms with Crippen LogP contribution in [0.25, 0.3) is 0 Å². The summed E-state index contributed by atoms with van der Waals surface area (Å²) in [5.74, 6) is 0.465. The Bertz CT molecular complexity index is 615. The molecule has 7 nitrogen and oxygen atoms in total. The Balaban J connectivity index is 2.07. The van der Waals surface area contributed by atoms with E-state index in [0.717, 1.165) is 0 Å². The Kier molecular flexibility index (Phi) is 3.43. The van der Waals surface area contributed by atoms with Crippen molar-refractivity contribution in [2.45, 2.75) is 18.2 Å². The molecule has 0 aromatic carbocycles. The largest absolute Gasteiger partial charge is 0.416 e. The highest BCUT2D eigenvalue weighted by molar-refractivity contribution is 7.98. The lowest BCUT2D eigenvalue weighted by Crippen LogP contribution is -2.29. The lowest BCUT2D eigenvalue weighted by Gasteiger charge is -2.00. The molecule has 2 heterocycles. The molecule has 0 aliphatic carbocycles. The lowest BCUT2D eigenvalue weighted by molar-refractivity contribution is 0.403. The van der Waals surface area contributed by atoms with Crippen LogP contribution in [0.1, 0.15) is 5.89 Å². The van der Waals surface area contributed by atoms with E-state index in [1.807, 2.05) is 6.26 Å². The molecule has 0 fully saturated rings. The van der Waals surface area contributed by atoms with E-state index in [1.54, 1.807) is 0 Å². The third-order valence-corrected chi connectivity index (χ3v) is 2.60. The molecule has 8 heteroatoms. The first-order chi connectivity index (χ1) is 8.19. The Labute approximate surface area is 99.9 Å². The van der Waals surface area contributed by atoms with Crippen molar-refractivity contribution in [2.24, 2.45) is 0 Å². The van der Waals surface area contributed by atoms with Crippen LogP contribution < -0.4 is 11.2 Å². The fraction of sp³-hybridized carbons (Fsp3) is 0.333. The Morgan fingerprint density at radius 3 is 2.94 bits per heavy atom. The van der Waals surface area contributed by atoms with Crippen molar-refractivity contribution in [2.75, 3.05) is 6.26 Å². The van der Waals surface area contributed by atoms with E-state index < -0.39 is 11.2 Å². The van der Waals surface area contributed by atoms with E-state index in [9.17, 15) is 9.59 Å². The summed E-state index contributed by atoms with van der Waals surface area (Å²) in [6, 6.07) is 1.29. The summed E-state index contributed by atoms with van der Waals surface area (Å²) in [6.45, 7) is 0.381. The summed E-state index contributed by atoms with van der Waals surface area (Å²) in [7, 11) is 0. The maximum Gasteiger partial charge on any atom is 0.328 e. The number of hydrogen-bond acceptors (Lipinski definition) is 6. The molecule has 0 spiro atoms. The number of H-pyrrole nitrogens is 1. The summed E-state index contributed by atoms with van der Waals surface area (Å²) in [5.41, 5.74) is -0.851. The number of aromatic nitrogens is 4. The monoisotopic (exact) mass is 254 g/mol. The SMILES string of the molecule is CSc1nnc(CCn2ccc(=O)[nH]c2=O)o1. The van der Waals surface area contributed by atoms with Gasteiger partial charge in [0.15, 0.2) is 0 Å². The van der Waals surface area contributed by atoms with E-state index in [1.165, 1.54) is 28.6 Å². The molecule has 0 aliphatic rings. The van der Waals surface area contributed by atoms with Gasteiger partial charge in [-0.2, -0.15) is 0 Å². The number of nitrogens with zero attached hydrogens (tertiary/aromatic N) is 3. The summed E-state index contributed by atoms with van der Waals surface area (Å²) in [6.07, 6.45) is 3.72. The van der Waals surface area contributed by atoms with Gasteiger partial charge >= 0.3 is 5.69 Å². The molecule has 1 N–H and O–H groups in total. The van der Waals surface area contributed by atoms with Crippen molar-refractivity contribution in [3.05, 3.63) is 39.0 Å². The van der Waals surface area contributed by atoms with Crippen LogP contribution in [0.3, 0.4) is 0 Å². The maximum absolute atomic E-state index is 11.4. The summed E-state index contributed by atoms with van der Waals surface area (Å²) < 4.78 is 6.65. The number of rotatable bonds is 4. The maximum atomic E-state index is 11.4. The smallest absolute Gasteiger partial charge is 0.328 e. The van der Waals surface area contributed by atoms with E-state index in [0.29, 0.717) is 24.1 Å². The highest BCUT2D eigenvalue weighted by Gasteiger charge is 2.05. The molecule has 0 aliphatic heterocycles. The highest BCUT2D eigenvalue weighted by Crippen LogP contribution is 2.11. The third-order valence-electron chi connectivity index (χ3n) is 2.09. The van der Waals surface area contributed by atoms with Crippen LogP contribution in [0.5, 0.6) is 0 Å². The van der Waals surface area contributed by atoms with Crippen LogP contribution in [0.4, 0.5) is 0 Å². The zero-order chi connectivity index (χ0) is 12.3. The number of thioether (sulfide) groups is 1. The molecule has 0 unspecified atom stereocenters. The van der Waals surface area contributed by atoms with Crippen molar-refractivity contribution >= 4 is 11.8 Å². The molecule has 2 aromatic rings. The van der Waals surface area contributed by atoms with E-state index in [-0.39, 0.29) is 0 Å². The number of aryl methyl sites for hydroxylation is 2. The zero-order valence-corrected chi connectivity index (χ0v) is 9.86. The summed E-state index contributed by atoms with van der Waals surface area (Å²) in [4.78, 5) is 24.4. The van der Waals surface area contributed by atoms with Crippen molar-refractivity contribution in [3.8, 4) is 0 Å². The van der Waals surface area contributed by atoms with Crippen molar-refractivity contribution in [1.29, 1.82) is 0 Å². The van der Waals surface area contributed by atoms with Gasteiger partial charge in [-0.25, -0.2) is 4.79 Å². The van der Waals surface area contributed by atoms with Gasteiger partial charge in [0, 0.05) is 25.2 Å². The van der Waals surface area contributed by atoms with Gasteiger partial charge in [0.1, 0.15) is 0 Å². The van der Waals surface area contributed by atoms with E-state index >= 15 is 0 Å². The second-order valence-corrected chi connectivity index (χ2v) is 3.98. The standard InChI is InChI=1S/C9H10N4O3S/c1-17-9-12-11-7(16-9)3-5-13-4-2-6(14)10-8(13)15/h2,4H,3,5H2,1H3,(H,10,14,15). The molecule has 90 valence electrons. The van der Waals surface area contributed by atoms with Crippen LogP contribution in [0, 0.1) is 0 Å². The average Bonchev–Trinajstić information content (AvgIpc) is 2.76. The topological polar surface area (TPSA) is 93.8 Å². The van der Waals surface area contributed by atoms with Crippen molar-refractivity contribution in [3.63, 3.8) is 0 Å². The molecule has 0 saturated heterocycles. The average molecular weight is 254 g/mol. The molecule has 0 amide bonds. The van der Waals surface area contributed by atoms with Crippen molar-refractivity contribution < 1.29 is 4.42 Å². The second kappa shape index (κ2) is 5.00. The van der Waals surface area contributed by atoms with Gasteiger partial charge in [-0.1, -0.05) is 11.8 Å². The Hall–Kier alpha value is -1.83. The summed E-state index contributed by atoms with van der Waals surface area (Å²) in [5, 5.41) is 8.10. The van der Waals surface area contributed by atoms with Crippen molar-refractivity contribution in [1.82, 2.24) is 19.7 Å². The fourth-order valence-corrected chi connectivity index (χ4v) is 1.56. The molecule has 0 atom stereocenters. The van der Waals surface area contributed by atoms with Gasteiger partial charge in [-0.3, -0.25) is 9.78 Å². The number of nitrogens with one attached hydrogen (secondary N) is 1. The van der Waals surface area contributed by atoms with Crippen LogP contribution >= 0.6 is 11.8 Å². The van der Waals surface area contributed by atoms with E-state index in [2.05, 4.69) is 15.2 Å². The summed E-state index contributed by atoms with van der Waals surface area (Å²) >= 11 is 1.36.